The maximum atomic E-state index is 13.5. The van der Waals surface area contributed by atoms with E-state index < -0.39 is 6.04 Å². The second kappa shape index (κ2) is 7.52. The third kappa shape index (κ3) is 3.32. The number of fused-ring (bicyclic) bond motifs is 1. The van der Waals surface area contributed by atoms with Crippen molar-refractivity contribution in [2.24, 2.45) is 5.41 Å². The number of urea groups is 1. The van der Waals surface area contributed by atoms with Crippen LogP contribution in [0, 0.1) is 5.41 Å². The molecule has 2 aromatic carbocycles. The smallest absolute Gasteiger partial charge is 0.322 e. The summed E-state index contributed by atoms with van der Waals surface area (Å²) in [5.74, 6) is 0.687. The van der Waals surface area contributed by atoms with E-state index in [1.165, 1.54) is 0 Å². The zero-order valence-corrected chi connectivity index (χ0v) is 17.8. The molecule has 156 valence electrons. The van der Waals surface area contributed by atoms with Crippen molar-refractivity contribution in [2.75, 3.05) is 24.4 Å². The molecule has 2 N–H and O–H groups in total. The van der Waals surface area contributed by atoms with Gasteiger partial charge >= 0.3 is 6.03 Å². The molecule has 0 spiro atoms. The zero-order valence-electron chi connectivity index (χ0n) is 17.8. The Morgan fingerprint density at radius 2 is 1.83 bits per heavy atom. The van der Waals surface area contributed by atoms with Crippen LogP contribution in [0.2, 0.25) is 0 Å². The molecule has 1 aliphatic carbocycles. The van der Waals surface area contributed by atoms with Crippen molar-refractivity contribution in [1.29, 1.82) is 0 Å². The number of methoxy groups -OCH3 is 1. The first kappa shape index (κ1) is 20.0. The summed E-state index contributed by atoms with van der Waals surface area (Å²) in [5, 5.41) is 6.24. The van der Waals surface area contributed by atoms with Crippen LogP contribution in [0.5, 0.6) is 5.75 Å². The molecule has 1 aliphatic heterocycles. The molecule has 30 heavy (non-hydrogen) atoms. The number of Topliss-reactive ketones (excluding diaryl/α,β-unsaturated/α-hetero) is 1. The minimum Gasteiger partial charge on any atom is -0.496 e. The van der Waals surface area contributed by atoms with Crippen LogP contribution >= 0.6 is 0 Å². The van der Waals surface area contributed by atoms with E-state index >= 15 is 0 Å². The fourth-order valence-corrected chi connectivity index (χ4v) is 4.52. The Kier molecular flexibility index (Phi) is 5.02. The number of allylic oxidation sites excluding steroid dienone is 1. The van der Waals surface area contributed by atoms with Gasteiger partial charge in [-0.1, -0.05) is 44.2 Å². The average molecular weight is 405 g/mol. The first-order valence-electron chi connectivity index (χ1n) is 10.1. The van der Waals surface area contributed by atoms with E-state index in [1.807, 2.05) is 48.5 Å². The molecule has 1 heterocycles. The maximum Gasteiger partial charge on any atom is 0.322 e. The molecule has 1 atom stereocenters. The molecule has 6 nitrogen and oxygen atoms in total. The molecule has 0 radical (unpaired) electrons. The van der Waals surface area contributed by atoms with Crippen LogP contribution < -0.4 is 20.3 Å². The Labute approximate surface area is 176 Å². The SMILES string of the molecule is CNC(=O)N1c2ccccc2NC2=C(C(=O)CC(C)(C)C2)C1c1ccccc1OC. The summed E-state index contributed by atoms with van der Waals surface area (Å²) in [7, 11) is 3.21. The zero-order chi connectivity index (χ0) is 21.5. The Balaban J connectivity index is 2.04. The number of rotatable bonds is 2. The Bertz CT molecular complexity index is 1040. The molecule has 0 saturated carbocycles. The highest BCUT2D eigenvalue weighted by molar-refractivity contribution is 6.06. The van der Waals surface area contributed by atoms with Gasteiger partial charge in [0.2, 0.25) is 0 Å². The fraction of sp³-hybridized carbons (Fsp3) is 0.333. The maximum absolute atomic E-state index is 13.5. The molecule has 0 saturated heterocycles. The number of nitrogens with one attached hydrogen (secondary N) is 2. The van der Waals surface area contributed by atoms with Gasteiger partial charge in [0.1, 0.15) is 5.75 Å². The van der Waals surface area contributed by atoms with E-state index in [4.69, 9.17) is 4.74 Å². The normalized spacial score (nSPS) is 19.9. The molecular weight excluding hydrogens is 378 g/mol. The van der Waals surface area contributed by atoms with Crippen LogP contribution in [0.25, 0.3) is 0 Å². The van der Waals surface area contributed by atoms with E-state index in [1.54, 1.807) is 19.1 Å². The summed E-state index contributed by atoms with van der Waals surface area (Å²) in [6, 6.07) is 14.3. The average Bonchev–Trinajstić information content (AvgIpc) is 2.86. The highest BCUT2D eigenvalue weighted by Crippen LogP contribution is 2.49. The van der Waals surface area contributed by atoms with Crippen LogP contribution in [0.1, 0.15) is 38.3 Å². The minimum atomic E-state index is -0.601. The number of amides is 2. The van der Waals surface area contributed by atoms with Crippen molar-refractivity contribution in [1.82, 2.24) is 5.32 Å². The van der Waals surface area contributed by atoms with Gasteiger partial charge in [0.05, 0.1) is 24.5 Å². The molecule has 6 heteroatoms. The van der Waals surface area contributed by atoms with Crippen molar-refractivity contribution in [3.63, 3.8) is 0 Å². The predicted molar refractivity (Wildman–Crippen MR) is 118 cm³/mol. The number of nitrogens with zero attached hydrogens (tertiary/aromatic N) is 1. The van der Waals surface area contributed by atoms with Gasteiger partial charge in [0, 0.05) is 30.3 Å². The van der Waals surface area contributed by atoms with E-state index in [2.05, 4.69) is 24.5 Å². The highest BCUT2D eigenvalue weighted by atomic mass is 16.5. The molecule has 0 aromatic heterocycles. The largest absolute Gasteiger partial charge is 0.496 e. The quantitative estimate of drug-likeness (QED) is 0.763. The van der Waals surface area contributed by atoms with Gasteiger partial charge in [-0.15, -0.1) is 0 Å². The van der Waals surface area contributed by atoms with E-state index in [9.17, 15) is 9.59 Å². The standard InChI is InChI=1S/C24H27N3O3/c1-24(2)13-17-21(19(28)14-24)22(15-9-5-8-12-20(15)30-4)27(23(29)25-3)18-11-7-6-10-16(18)26-17/h5-12,22,26H,13-14H2,1-4H3,(H,25,29). The second-order valence-corrected chi connectivity index (χ2v) is 8.54. The number of benzene rings is 2. The topological polar surface area (TPSA) is 70.7 Å². The summed E-state index contributed by atoms with van der Waals surface area (Å²) in [6.45, 7) is 4.20. The van der Waals surface area contributed by atoms with Gasteiger partial charge < -0.3 is 15.4 Å². The lowest BCUT2D eigenvalue weighted by molar-refractivity contribution is -0.118. The third-order valence-corrected chi connectivity index (χ3v) is 5.77. The summed E-state index contributed by atoms with van der Waals surface area (Å²) >= 11 is 0. The first-order valence-corrected chi connectivity index (χ1v) is 10.1. The fourth-order valence-electron chi connectivity index (χ4n) is 4.52. The van der Waals surface area contributed by atoms with Crippen molar-refractivity contribution in [2.45, 2.75) is 32.7 Å². The number of ketones is 1. The van der Waals surface area contributed by atoms with Crippen LogP contribution in [-0.2, 0) is 4.79 Å². The number of hydrogen-bond donors (Lipinski definition) is 2. The number of carbonyl (C=O) groups is 2. The molecule has 1 unspecified atom stereocenters. The van der Waals surface area contributed by atoms with Crippen LogP contribution in [0.15, 0.2) is 59.8 Å². The second-order valence-electron chi connectivity index (χ2n) is 8.54. The summed E-state index contributed by atoms with van der Waals surface area (Å²) in [4.78, 5) is 28.3. The molecule has 2 aliphatic rings. The van der Waals surface area contributed by atoms with Crippen LogP contribution in [-0.4, -0.2) is 26.0 Å². The third-order valence-electron chi connectivity index (χ3n) is 5.77. The molecule has 2 aromatic rings. The Morgan fingerprint density at radius 3 is 2.57 bits per heavy atom. The van der Waals surface area contributed by atoms with Crippen molar-refractivity contribution in [3.8, 4) is 5.75 Å². The monoisotopic (exact) mass is 405 g/mol. The lowest BCUT2D eigenvalue weighted by Gasteiger charge is -2.37. The Hall–Kier alpha value is -3.28. The number of carbonyl (C=O) groups excluding carboxylic acids is 2. The van der Waals surface area contributed by atoms with E-state index in [0.717, 1.165) is 23.4 Å². The number of anilines is 2. The van der Waals surface area contributed by atoms with Crippen LogP contribution in [0.3, 0.4) is 0 Å². The summed E-state index contributed by atoms with van der Waals surface area (Å²) in [6.07, 6.45) is 1.15. The van der Waals surface area contributed by atoms with E-state index in [0.29, 0.717) is 23.4 Å². The summed E-state index contributed by atoms with van der Waals surface area (Å²) in [5.41, 5.74) is 3.63. The van der Waals surface area contributed by atoms with E-state index in [-0.39, 0.29) is 17.2 Å². The van der Waals surface area contributed by atoms with Gasteiger partial charge in [-0.2, -0.15) is 0 Å². The summed E-state index contributed by atoms with van der Waals surface area (Å²) < 4.78 is 5.63. The van der Waals surface area contributed by atoms with Gasteiger partial charge in [-0.3, -0.25) is 9.69 Å². The van der Waals surface area contributed by atoms with Gasteiger partial charge in [0.15, 0.2) is 5.78 Å². The van der Waals surface area contributed by atoms with Gasteiger partial charge in [-0.25, -0.2) is 4.79 Å². The minimum absolute atomic E-state index is 0.0476. The van der Waals surface area contributed by atoms with Crippen LogP contribution in [0.4, 0.5) is 16.2 Å². The molecule has 0 fully saturated rings. The van der Waals surface area contributed by atoms with Crippen molar-refractivity contribution >= 4 is 23.2 Å². The van der Waals surface area contributed by atoms with Crippen molar-refractivity contribution in [3.05, 3.63) is 65.4 Å². The molecular formula is C24H27N3O3. The Morgan fingerprint density at radius 1 is 1.13 bits per heavy atom. The van der Waals surface area contributed by atoms with Gasteiger partial charge in [0.25, 0.3) is 0 Å². The number of ether oxygens (including phenoxy) is 1. The highest BCUT2D eigenvalue weighted by Gasteiger charge is 2.43. The molecule has 4 rings (SSSR count). The van der Waals surface area contributed by atoms with Crippen molar-refractivity contribution < 1.29 is 14.3 Å². The van der Waals surface area contributed by atoms with Gasteiger partial charge in [-0.05, 0) is 30.0 Å². The lowest BCUT2D eigenvalue weighted by atomic mass is 9.73. The number of para-hydroxylation sites is 3. The number of hydrogen-bond acceptors (Lipinski definition) is 4. The molecule has 0 bridgehead atoms. The molecule has 2 amide bonds. The lowest BCUT2D eigenvalue weighted by Crippen LogP contribution is -2.43. The predicted octanol–water partition coefficient (Wildman–Crippen LogP) is 4.65. The first-order chi connectivity index (χ1) is 14.4.